The quantitative estimate of drug-likeness (QED) is 0.260. The van der Waals surface area contributed by atoms with Crippen LogP contribution in [0.15, 0.2) is 82.8 Å². The molecule has 3 aromatic rings. The van der Waals surface area contributed by atoms with Gasteiger partial charge in [0, 0.05) is 33.4 Å². The highest BCUT2D eigenvalue weighted by atomic mass is 79.9. The fraction of sp³-hybridized carbons (Fsp3) is 0.0800. The van der Waals surface area contributed by atoms with E-state index in [1.807, 2.05) is 0 Å². The van der Waals surface area contributed by atoms with E-state index < -0.39 is 17.7 Å². The van der Waals surface area contributed by atoms with Crippen molar-refractivity contribution in [3.63, 3.8) is 0 Å². The van der Waals surface area contributed by atoms with E-state index in [0.29, 0.717) is 27.5 Å². The molecule has 1 saturated heterocycles. The minimum absolute atomic E-state index is 0.0180. The number of benzene rings is 3. The van der Waals surface area contributed by atoms with E-state index >= 15 is 0 Å². The molecule has 3 aromatic carbocycles. The average molecular weight is 526 g/mol. The van der Waals surface area contributed by atoms with Gasteiger partial charge >= 0.3 is 0 Å². The number of Topliss-reactive ketones (excluding diaryl/α,β-unsaturated/α-hetero) is 1. The Morgan fingerprint density at radius 2 is 1.58 bits per heavy atom. The predicted molar refractivity (Wildman–Crippen MR) is 131 cm³/mol. The van der Waals surface area contributed by atoms with E-state index in [2.05, 4.69) is 21.2 Å². The zero-order chi connectivity index (χ0) is 23.7. The Morgan fingerprint density at radius 1 is 0.970 bits per heavy atom. The van der Waals surface area contributed by atoms with E-state index in [1.54, 1.807) is 72.8 Å². The normalized spacial score (nSPS) is 17.3. The second-order valence-electron chi connectivity index (χ2n) is 7.46. The van der Waals surface area contributed by atoms with Gasteiger partial charge in [0.1, 0.15) is 5.76 Å². The molecule has 8 heteroatoms. The van der Waals surface area contributed by atoms with E-state index in [-0.39, 0.29) is 17.2 Å². The molecule has 1 atom stereocenters. The highest BCUT2D eigenvalue weighted by Gasteiger charge is 2.46. The lowest BCUT2D eigenvalue weighted by Crippen LogP contribution is -2.29. The molecule has 0 saturated carbocycles. The van der Waals surface area contributed by atoms with Crippen LogP contribution in [0.3, 0.4) is 0 Å². The Kier molecular flexibility index (Phi) is 6.35. The van der Waals surface area contributed by atoms with Crippen LogP contribution in [0, 0.1) is 0 Å². The highest BCUT2D eigenvalue weighted by Crippen LogP contribution is 2.42. The van der Waals surface area contributed by atoms with Crippen molar-refractivity contribution in [2.75, 3.05) is 10.2 Å². The van der Waals surface area contributed by atoms with Gasteiger partial charge in [-0.25, -0.2) is 0 Å². The maximum absolute atomic E-state index is 13.2. The summed E-state index contributed by atoms with van der Waals surface area (Å²) in [7, 11) is 0. The second kappa shape index (κ2) is 9.21. The molecule has 0 aromatic heterocycles. The fourth-order valence-corrected chi connectivity index (χ4v) is 4.12. The Bertz CT molecular complexity index is 1270. The molecule has 1 heterocycles. The predicted octanol–water partition coefficient (Wildman–Crippen LogP) is 5.69. The van der Waals surface area contributed by atoms with E-state index in [1.165, 1.54) is 11.8 Å². The number of carbonyl (C=O) groups excluding carboxylic acids is 3. The van der Waals surface area contributed by atoms with E-state index in [9.17, 15) is 19.5 Å². The van der Waals surface area contributed by atoms with Gasteiger partial charge < -0.3 is 10.4 Å². The van der Waals surface area contributed by atoms with Crippen molar-refractivity contribution in [2.24, 2.45) is 0 Å². The number of aliphatic hydroxyl groups is 1. The molecule has 2 amide bonds. The van der Waals surface area contributed by atoms with E-state index in [0.717, 1.165) is 4.47 Å². The molecule has 1 fully saturated rings. The second-order valence-corrected chi connectivity index (χ2v) is 8.81. The van der Waals surface area contributed by atoms with Crippen molar-refractivity contribution in [3.05, 3.63) is 99.0 Å². The van der Waals surface area contributed by atoms with Crippen LogP contribution < -0.4 is 10.2 Å². The molecule has 4 rings (SSSR count). The van der Waals surface area contributed by atoms with Gasteiger partial charge in [-0.1, -0.05) is 39.7 Å². The van der Waals surface area contributed by atoms with Crippen LogP contribution in [0.25, 0.3) is 5.76 Å². The molecular formula is C25H18BrClN2O4. The minimum atomic E-state index is -0.847. The van der Waals surface area contributed by atoms with Crippen molar-refractivity contribution in [1.82, 2.24) is 0 Å². The first-order valence-corrected chi connectivity index (χ1v) is 11.1. The van der Waals surface area contributed by atoms with Gasteiger partial charge in [-0.15, -0.1) is 0 Å². The molecule has 2 N–H and O–H groups in total. The SMILES string of the molecule is CC(=O)Nc1ccc(N2C(=O)C(=O)C(=C(O)c3ccc(Cl)cc3)[C@@H]2c2ccc(Br)cc2)cc1. The van der Waals surface area contributed by atoms with Crippen LogP contribution in [0.1, 0.15) is 24.1 Å². The van der Waals surface area contributed by atoms with Gasteiger partial charge in [-0.05, 0) is 66.2 Å². The molecule has 0 spiro atoms. The number of nitrogens with zero attached hydrogens (tertiary/aromatic N) is 1. The summed E-state index contributed by atoms with van der Waals surface area (Å²) in [4.78, 5) is 39.0. The monoisotopic (exact) mass is 524 g/mol. The van der Waals surface area contributed by atoms with Crippen molar-refractivity contribution >= 4 is 62.3 Å². The van der Waals surface area contributed by atoms with Crippen molar-refractivity contribution < 1.29 is 19.5 Å². The van der Waals surface area contributed by atoms with Crippen LogP contribution in [-0.2, 0) is 14.4 Å². The van der Waals surface area contributed by atoms with Crippen LogP contribution in [-0.4, -0.2) is 22.7 Å². The number of amides is 2. The first-order valence-electron chi connectivity index (χ1n) is 9.96. The summed E-state index contributed by atoms with van der Waals surface area (Å²) in [6, 6.07) is 19.3. The molecule has 166 valence electrons. The Labute approximate surface area is 203 Å². The molecule has 0 radical (unpaired) electrons. The lowest BCUT2D eigenvalue weighted by atomic mass is 9.95. The Hall–Kier alpha value is -3.42. The molecular weight excluding hydrogens is 508 g/mol. The smallest absolute Gasteiger partial charge is 0.300 e. The number of ketones is 1. The summed E-state index contributed by atoms with van der Waals surface area (Å²) in [5.41, 5.74) is 2.02. The minimum Gasteiger partial charge on any atom is -0.507 e. The number of halogens is 2. The summed E-state index contributed by atoms with van der Waals surface area (Å²) in [6.07, 6.45) is 0. The number of hydrogen-bond acceptors (Lipinski definition) is 4. The van der Waals surface area contributed by atoms with Gasteiger partial charge in [-0.2, -0.15) is 0 Å². The number of hydrogen-bond donors (Lipinski definition) is 2. The zero-order valence-corrected chi connectivity index (χ0v) is 19.7. The van der Waals surface area contributed by atoms with Gasteiger partial charge in [-0.3, -0.25) is 19.3 Å². The summed E-state index contributed by atoms with van der Waals surface area (Å²) < 4.78 is 0.834. The third-order valence-electron chi connectivity index (χ3n) is 5.21. The van der Waals surface area contributed by atoms with E-state index in [4.69, 9.17) is 11.6 Å². The summed E-state index contributed by atoms with van der Waals surface area (Å²) >= 11 is 9.35. The van der Waals surface area contributed by atoms with Crippen molar-refractivity contribution in [2.45, 2.75) is 13.0 Å². The molecule has 6 nitrogen and oxygen atoms in total. The number of anilines is 2. The van der Waals surface area contributed by atoms with Crippen LogP contribution in [0.2, 0.25) is 5.02 Å². The number of nitrogens with one attached hydrogen (secondary N) is 1. The van der Waals surface area contributed by atoms with Gasteiger partial charge in [0.05, 0.1) is 11.6 Å². The maximum atomic E-state index is 13.2. The molecule has 0 unspecified atom stereocenters. The fourth-order valence-electron chi connectivity index (χ4n) is 3.73. The van der Waals surface area contributed by atoms with Crippen molar-refractivity contribution in [1.29, 1.82) is 0 Å². The van der Waals surface area contributed by atoms with Gasteiger partial charge in [0.15, 0.2) is 0 Å². The van der Waals surface area contributed by atoms with Gasteiger partial charge in [0.2, 0.25) is 5.91 Å². The topological polar surface area (TPSA) is 86.7 Å². The molecule has 0 bridgehead atoms. The zero-order valence-electron chi connectivity index (χ0n) is 17.4. The third-order valence-corrected chi connectivity index (χ3v) is 5.99. The molecule has 0 aliphatic carbocycles. The average Bonchev–Trinajstić information content (AvgIpc) is 3.05. The first-order chi connectivity index (χ1) is 15.8. The summed E-state index contributed by atoms with van der Waals surface area (Å²) in [5, 5.41) is 14.2. The first kappa shape index (κ1) is 22.8. The lowest BCUT2D eigenvalue weighted by Gasteiger charge is -2.25. The molecule has 1 aliphatic heterocycles. The summed E-state index contributed by atoms with van der Waals surface area (Å²) in [5.74, 6) is -2.05. The number of carbonyl (C=O) groups is 3. The highest BCUT2D eigenvalue weighted by molar-refractivity contribution is 9.10. The largest absolute Gasteiger partial charge is 0.507 e. The number of aliphatic hydroxyl groups excluding tert-OH is 1. The van der Waals surface area contributed by atoms with Crippen LogP contribution in [0.4, 0.5) is 11.4 Å². The lowest BCUT2D eigenvalue weighted by molar-refractivity contribution is -0.132. The van der Waals surface area contributed by atoms with Crippen molar-refractivity contribution in [3.8, 4) is 0 Å². The Morgan fingerprint density at radius 3 is 2.15 bits per heavy atom. The number of rotatable bonds is 4. The summed E-state index contributed by atoms with van der Waals surface area (Å²) in [6.45, 7) is 1.40. The maximum Gasteiger partial charge on any atom is 0.300 e. The standard InChI is InChI=1S/C25H18BrClN2O4/c1-14(30)28-19-10-12-20(13-11-19)29-22(15-2-6-17(26)7-3-15)21(24(32)25(29)33)23(31)16-4-8-18(27)9-5-16/h2-13,22,31H,1H3,(H,28,30)/t22-/m0/s1. The molecule has 1 aliphatic rings. The third kappa shape index (κ3) is 4.55. The van der Waals surface area contributed by atoms with Crippen LogP contribution >= 0.6 is 27.5 Å². The van der Waals surface area contributed by atoms with Gasteiger partial charge in [0.25, 0.3) is 11.7 Å². The van der Waals surface area contributed by atoms with Crippen LogP contribution in [0.5, 0.6) is 0 Å². The molecule has 33 heavy (non-hydrogen) atoms. The Balaban J connectivity index is 1.87.